The van der Waals surface area contributed by atoms with Crippen LogP contribution in [0.3, 0.4) is 0 Å². The number of alkyl halides is 3. The monoisotopic (exact) mass is 355 g/mol. The Hall–Kier alpha value is -1.72. The van der Waals surface area contributed by atoms with Gasteiger partial charge in [-0.05, 0) is 46.9 Å². The predicted octanol–water partition coefficient (Wildman–Crippen LogP) is 5.32. The molecule has 2 aromatic rings. The second-order valence-electron chi connectivity index (χ2n) is 5.91. The van der Waals surface area contributed by atoms with E-state index in [1.54, 1.807) is 12.1 Å². The molecule has 1 heterocycles. The minimum absolute atomic E-state index is 0.202. The molecule has 24 heavy (non-hydrogen) atoms. The Morgan fingerprint density at radius 3 is 2.42 bits per heavy atom. The molecule has 0 saturated heterocycles. The molecule has 1 aliphatic heterocycles. The average molecular weight is 356 g/mol. The van der Waals surface area contributed by atoms with Gasteiger partial charge in [-0.25, -0.2) is 0 Å². The molecule has 6 heteroatoms. The van der Waals surface area contributed by atoms with Gasteiger partial charge in [-0.15, -0.1) is 13.2 Å². The lowest BCUT2D eigenvalue weighted by atomic mass is 10.1. The topological polar surface area (TPSA) is 12.5 Å². The van der Waals surface area contributed by atoms with Gasteiger partial charge in [0.1, 0.15) is 5.75 Å². The largest absolute Gasteiger partial charge is 0.573 e. The van der Waals surface area contributed by atoms with E-state index in [1.165, 1.54) is 23.3 Å². The molecule has 1 aliphatic rings. The second-order valence-corrected chi connectivity index (χ2v) is 6.31. The zero-order valence-corrected chi connectivity index (χ0v) is 13.9. The molecule has 0 bridgehead atoms. The molecule has 0 spiro atoms. The summed E-state index contributed by atoms with van der Waals surface area (Å²) in [7, 11) is 0. The first-order valence-corrected chi connectivity index (χ1v) is 8.09. The fourth-order valence-corrected chi connectivity index (χ4v) is 3.29. The zero-order valence-electron chi connectivity index (χ0n) is 13.2. The van der Waals surface area contributed by atoms with E-state index in [9.17, 15) is 13.2 Å². The Morgan fingerprint density at radius 2 is 1.79 bits per heavy atom. The Kier molecular flexibility index (Phi) is 4.74. The van der Waals surface area contributed by atoms with Crippen LogP contribution in [0.4, 0.5) is 13.2 Å². The van der Waals surface area contributed by atoms with Crippen molar-refractivity contribution in [2.45, 2.75) is 39.3 Å². The standard InChI is InChI=1S/C18H17ClF3NO/c1-2-12-7-14-10-23(11-16(14)17(19)8-12)9-13-3-5-15(6-4-13)24-18(20,21)22/h3-8H,2,9-11H2,1H3. The molecule has 3 rings (SSSR count). The van der Waals surface area contributed by atoms with Gasteiger partial charge in [0.2, 0.25) is 0 Å². The van der Waals surface area contributed by atoms with Crippen LogP contribution in [0.15, 0.2) is 36.4 Å². The molecule has 0 aromatic heterocycles. The van der Waals surface area contributed by atoms with E-state index in [1.807, 2.05) is 6.07 Å². The normalized spacial score (nSPS) is 14.7. The van der Waals surface area contributed by atoms with Crippen LogP contribution in [-0.2, 0) is 26.1 Å². The van der Waals surface area contributed by atoms with E-state index in [0.29, 0.717) is 6.54 Å². The van der Waals surface area contributed by atoms with E-state index in [0.717, 1.165) is 35.7 Å². The minimum atomic E-state index is -4.66. The Bertz CT molecular complexity index is 728. The summed E-state index contributed by atoms with van der Waals surface area (Å²) in [5.41, 5.74) is 4.53. The van der Waals surface area contributed by atoms with Crippen molar-refractivity contribution in [3.8, 4) is 5.75 Å². The van der Waals surface area contributed by atoms with Gasteiger partial charge in [-0.1, -0.05) is 36.7 Å². The van der Waals surface area contributed by atoms with Crippen LogP contribution in [0.25, 0.3) is 0 Å². The first-order chi connectivity index (χ1) is 11.3. The number of hydrogen-bond donors (Lipinski definition) is 0. The van der Waals surface area contributed by atoms with Gasteiger partial charge < -0.3 is 4.74 Å². The van der Waals surface area contributed by atoms with Crippen molar-refractivity contribution in [3.63, 3.8) is 0 Å². The van der Waals surface area contributed by atoms with Crippen molar-refractivity contribution in [2.75, 3.05) is 0 Å². The molecule has 2 aromatic carbocycles. The van der Waals surface area contributed by atoms with Gasteiger partial charge in [0.15, 0.2) is 0 Å². The number of benzene rings is 2. The first-order valence-electron chi connectivity index (χ1n) is 7.71. The third-order valence-corrected chi connectivity index (χ3v) is 4.43. The van der Waals surface area contributed by atoms with Crippen molar-refractivity contribution in [3.05, 3.63) is 63.7 Å². The number of fused-ring (bicyclic) bond motifs is 1. The van der Waals surface area contributed by atoms with Gasteiger partial charge in [0.05, 0.1) is 0 Å². The summed E-state index contributed by atoms with van der Waals surface area (Å²) >= 11 is 6.35. The molecule has 0 fully saturated rings. The lowest BCUT2D eigenvalue weighted by Gasteiger charge is -2.15. The zero-order chi connectivity index (χ0) is 17.3. The summed E-state index contributed by atoms with van der Waals surface area (Å²) in [6.07, 6.45) is -3.72. The van der Waals surface area contributed by atoms with Gasteiger partial charge in [-0.3, -0.25) is 4.90 Å². The highest BCUT2D eigenvalue weighted by Crippen LogP contribution is 2.32. The molecule has 0 saturated carbocycles. The number of aryl methyl sites for hydroxylation is 1. The average Bonchev–Trinajstić information content (AvgIpc) is 2.91. The highest BCUT2D eigenvalue weighted by molar-refractivity contribution is 6.31. The van der Waals surface area contributed by atoms with E-state index in [4.69, 9.17) is 11.6 Å². The maximum Gasteiger partial charge on any atom is 0.573 e. The molecule has 0 N–H and O–H groups in total. The molecule has 0 amide bonds. The molecule has 2 nitrogen and oxygen atoms in total. The Balaban J connectivity index is 1.67. The van der Waals surface area contributed by atoms with Gasteiger partial charge in [0.25, 0.3) is 0 Å². The fraction of sp³-hybridized carbons (Fsp3) is 0.333. The van der Waals surface area contributed by atoms with Crippen molar-refractivity contribution >= 4 is 11.6 Å². The maximum atomic E-state index is 12.2. The molecule has 0 unspecified atom stereocenters. The predicted molar refractivity (Wildman–Crippen MR) is 86.9 cm³/mol. The number of ether oxygens (including phenoxy) is 1. The summed E-state index contributed by atoms with van der Waals surface area (Å²) in [6, 6.07) is 10.2. The van der Waals surface area contributed by atoms with E-state index < -0.39 is 6.36 Å². The lowest BCUT2D eigenvalue weighted by molar-refractivity contribution is -0.274. The quantitative estimate of drug-likeness (QED) is 0.736. The molecule has 128 valence electrons. The molecule has 0 radical (unpaired) electrons. The number of halogens is 4. The van der Waals surface area contributed by atoms with Crippen molar-refractivity contribution in [1.29, 1.82) is 0 Å². The number of hydrogen-bond acceptors (Lipinski definition) is 2. The number of nitrogens with zero attached hydrogens (tertiary/aromatic N) is 1. The van der Waals surface area contributed by atoms with E-state index in [-0.39, 0.29) is 5.75 Å². The Labute approximate surface area is 143 Å². The minimum Gasteiger partial charge on any atom is -0.406 e. The lowest BCUT2D eigenvalue weighted by Crippen LogP contribution is -2.17. The number of rotatable bonds is 4. The van der Waals surface area contributed by atoms with Gasteiger partial charge in [0, 0.05) is 24.7 Å². The summed E-state index contributed by atoms with van der Waals surface area (Å²) in [5, 5.41) is 0.792. The summed E-state index contributed by atoms with van der Waals surface area (Å²) in [5.74, 6) is -0.202. The first kappa shape index (κ1) is 17.1. The van der Waals surface area contributed by atoms with Gasteiger partial charge in [-0.2, -0.15) is 0 Å². The van der Waals surface area contributed by atoms with Crippen LogP contribution in [0, 0.1) is 0 Å². The summed E-state index contributed by atoms with van der Waals surface area (Å²) in [4.78, 5) is 2.22. The maximum absolute atomic E-state index is 12.2. The fourth-order valence-electron chi connectivity index (χ4n) is 2.97. The van der Waals surface area contributed by atoms with Crippen LogP contribution in [-0.4, -0.2) is 11.3 Å². The van der Waals surface area contributed by atoms with Gasteiger partial charge >= 0.3 is 6.36 Å². The second kappa shape index (κ2) is 6.65. The molecular formula is C18H17ClF3NO. The smallest absolute Gasteiger partial charge is 0.406 e. The van der Waals surface area contributed by atoms with Crippen molar-refractivity contribution in [2.24, 2.45) is 0 Å². The third-order valence-electron chi connectivity index (χ3n) is 4.09. The third kappa shape index (κ3) is 4.02. The van der Waals surface area contributed by atoms with Crippen LogP contribution in [0.5, 0.6) is 5.75 Å². The Morgan fingerprint density at radius 1 is 1.08 bits per heavy atom. The van der Waals surface area contributed by atoms with Crippen molar-refractivity contribution < 1.29 is 17.9 Å². The van der Waals surface area contributed by atoms with E-state index in [2.05, 4.69) is 22.6 Å². The van der Waals surface area contributed by atoms with Crippen LogP contribution >= 0.6 is 11.6 Å². The highest BCUT2D eigenvalue weighted by Gasteiger charge is 2.31. The molecular weight excluding hydrogens is 339 g/mol. The van der Waals surface area contributed by atoms with Crippen LogP contribution < -0.4 is 4.74 Å². The van der Waals surface area contributed by atoms with Crippen LogP contribution in [0.2, 0.25) is 5.02 Å². The SMILES string of the molecule is CCc1cc(Cl)c2c(c1)CN(Cc1ccc(OC(F)(F)F)cc1)C2. The molecule has 0 atom stereocenters. The van der Waals surface area contributed by atoms with Crippen LogP contribution in [0.1, 0.15) is 29.2 Å². The summed E-state index contributed by atoms with van der Waals surface area (Å²) < 4.78 is 40.4. The van der Waals surface area contributed by atoms with E-state index >= 15 is 0 Å². The molecule has 0 aliphatic carbocycles. The summed E-state index contributed by atoms with van der Waals surface area (Å²) in [6.45, 7) is 4.29. The van der Waals surface area contributed by atoms with Crippen molar-refractivity contribution in [1.82, 2.24) is 4.90 Å². The highest BCUT2D eigenvalue weighted by atomic mass is 35.5.